The number of carbonyl (C=O) groups excluding carboxylic acids is 7. The van der Waals surface area contributed by atoms with Crippen molar-refractivity contribution in [2.45, 2.75) is 132 Å². The van der Waals surface area contributed by atoms with E-state index in [0.717, 1.165) is 31.4 Å². The molecular weight excluding hydrogens is 716 g/mol. The number of carbonyl (C=O) groups is 7. The molecule has 0 fully saturated rings. The summed E-state index contributed by atoms with van der Waals surface area (Å²) in [5.74, 6) is -1.24. The zero-order valence-corrected chi connectivity index (χ0v) is 36.3. The van der Waals surface area contributed by atoms with Gasteiger partial charge in [-0.05, 0) is 97.1 Å². The molecule has 322 valence electrons. The number of hydrogen-bond donors (Lipinski definition) is 7. The van der Waals surface area contributed by atoms with Gasteiger partial charge in [0.15, 0.2) is 0 Å². The number of unbranched alkanes of at least 4 members (excludes halogenated alkanes) is 2. The van der Waals surface area contributed by atoms with E-state index in [9.17, 15) is 33.6 Å². The van der Waals surface area contributed by atoms with E-state index in [1.54, 1.807) is 12.1 Å². The number of anilines is 1. The van der Waals surface area contributed by atoms with E-state index in [-0.39, 0.29) is 61.4 Å². The van der Waals surface area contributed by atoms with Crippen molar-refractivity contribution in [1.82, 2.24) is 31.5 Å². The van der Waals surface area contributed by atoms with E-state index in [0.29, 0.717) is 31.5 Å². The standard InChI is InChI=1S/C32H54N8O6.C3H6O.2C3H8/c1-22(2)29(31(45)37-20-23(3)41)40(5)19-16-24-12-14-25(15-13-24)38-30(44)26(10-9-18-35-32(33)46)39-28(43)21-36-27(42)11-7-6-8-17-34-4;1-3(2)4;2*1-3-2/h12-15,22,26,29,34H,6-11,16-21H2,1-5H3,(H,36,42)(H,37,45)(H,38,44)(H,39,43)(H3,33,35,46);1-2H3;2*3H2,1-2H3/t26-,29?;;;/m0.../s1. The highest BCUT2D eigenvalue weighted by atomic mass is 16.2. The van der Waals surface area contributed by atoms with Crippen LogP contribution in [0.15, 0.2) is 24.3 Å². The van der Waals surface area contributed by atoms with Crippen LogP contribution < -0.4 is 37.6 Å². The van der Waals surface area contributed by atoms with Crippen molar-refractivity contribution in [3.05, 3.63) is 29.8 Å². The Hall–Kier alpha value is -4.37. The monoisotopic (exact) mass is 793 g/mol. The molecule has 1 unspecified atom stereocenters. The van der Waals surface area contributed by atoms with E-state index < -0.39 is 23.9 Å². The van der Waals surface area contributed by atoms with Crippen LogP contribution >= 0.6 is 0 Å². The van der Waals surface area contributed by atoms with Crippen LogP contribution in [0.4, 0.5) is 10.5 Å². The molecule has 0 aromatic heterocycles. The van der Waals surface area contributed by atoms with Gasteiger partial charge in [-0.1, -0.05) is 72.9 Å². The summed E-state index contributed by atoms with van der Waals surface area (Å²) < 4.78 is 0. The molecule has 1 aromatic rings. The zero-order valence-electron chi connectivity index (χ0n) is 36.3. The van der Waals surface area contributed by atoms with Crippen LogP contribution in [0.5, 0.6) is 0 Å². The molecule has 0 saturated carbocycles. The summed E-state index contributed by atoms with van der Waals surface area (Å²) in [5, 5.41) is 16.3. The summed E-state index contributed by atoms with van der Waals surface area (Å²) >= 11 is 0. The topological polar surface area (TPSA) is 221 Å². The number of benzene rings is 1. The Bertz CT molecular complexity index is 1250. The number of urea groups is 1. The summed E-state index contributed by atoms with van der Waals surface area (Å²) in [5.41, 5.74) is 6.65. The first-order valence-corrected chi connectivity index (χ1v) is 20.0. The van der Waals surface area contributed by atoms with E-state index >= 15 is 0 Å². The van der Waals surface area contributed by atoms with Crippen molar-refractivity contribution in [3.63, 3.8) is 0 Å². The predicted octanol–water partition coefficient (Wildman–Crippen LogP) is 4.09. The largest absolute Gasteiger partial charge is 0.352 e. The molecule has 0 aliphatic heterocycles. The molecule has 0 aliphatic carbocycles. The van der Waals surface area contributed by atoms with Gasteiger partial charge in [0.05, 0.1) is 19.1 Å². The van der Waals surface area contributed by atoms with Crippen LogP contribution in [0.3, 0.4) is 0 Å². The molecule has 0 spiro atoms. The zero-order chi connectivity index (χ0) is 43.5. The van der Waals surface area contributed by atoms with E-state index in [1.165, 1.54) is 33.6 Å². The Morgan fingerprint density at radius 3 is 1.80 bits per heavy atom. The Balaban J connectivity index is -0.00000251. The van der Waals surface area contributed by atoms with Gasteiger partial charge in [-0.15, -0.1) is 0 Å². The molecular formula is C41H76N8O7. The number of nitrogens with zero attached hydrogens (tertiary/aromatic N) is 1. The van der Waals surface area contributed by atoms with Gasteiger partial charge in [-0.25, -0.2) is 4.79 Å². The molecule has 1 aromatic carbocycles. The number of rotatable bonds is 23. The molecule has 0 heterocycles. The summed E-state index contributed by atoms with van der Waals surface area (Å²) in [6.07, 6.45) is 6.69. The number of ketones is 2. The number of nitrogens with one attached hydrogen (secondary N) is 6. The molecule has 0 aliphatic rings. The van der Waals surface area contributed by atoms with Crippen molar-refractivity contribution >= 4 is 46.9 Å². The molecule has 2 atom stereocenters. The van der Waals surface area contributed by atoms with E-state index in [4.69, 9.17) is 5.73 Å². The third kappa shape index (κ3) is 34.1. The second kappa shape index (κ2) is 36.3. The second-order valence-electron chi connectivity index (χ2n) is 14.1. The third-order valence-corrected chi connectivity index (χ3v) is 7.26. The van der Waals surface area contributed by atoms with Crippen LogP contribution in [-0.4, -0.2) is 105 Å². The van der Waals surface area contributed by atoms with Gasteiger partial charge >= 0.3 is 6.03 Å². The first-order valence-electron chi connectivity index (χ1n) is 20.0. The smallest absolute Gasteiger partial charge is 0.312 e. The summed E-state index contributed by atoms with van der Waals surface area (Å²) in [6.45, 7) is 18.4. The predicted molar refractivity (Wildman–Crippen MR) is 226 cm³/mol. The van der Waals surface area contributed by atoms with Crippen molar-refractivity contribution in [2.75, 3.05) is 52.1 Å². The Morgan fingerprint density at radius 1 is 0.732 bits per heavy atom. The van der Waals surface area contributed by atoms with Gasteiger partial charge in [-0.3, -0.25) is 28.9 Å². The first kappa shape index (κ1) is 56.0. The highest BCUT2D eigenvalue weighted by Crippen LogP contribution is 2.14. The van der Waals surface area contributed by atoms with Gasteiger partial charge in [0.1, 0.15) is 17.6 Å². The molecule has 15 nitrogen and oxygen atoms in total. The van der Waals surface area contributed by atoms with Gasteiger partial charge in [0, 0.05) is 25.2 Å². The molecule has 1 rings (SSSR count). The maximum Gasteiger partial charge on any atom is 0.312 e. The van der Waals surface area contributed by atoms with Crippen LogP contribution in [-0.2, 0) is 35.2 Å². The number of primary amides is 1. The van der Waals surface area contributed by atoms with Gasteiger partial charge in [0.25, 0.3) is 0 Å². The third-order valence-electron chi connectivity index (χ3n) is 7.26. The van der Waals surface area contributed by atoms with Crippen LogP contribution in [0, 0.1) is 5.92 Å². The summed E-state index contributed by atoms with van der Waals surface area (Å²) in [7, 11) is 3.75. The van der Waals surface area contributed by atoms with Crippen molar-refractivity contribution < 1.29 is 33.6 Å². The molecule has 6 amide bonds. The lowest BCUT2D eigenvalue weighted by Gasteiger charge is -2.30. The maximum atomic E-state index is 13.1. The van der Waals surface area contributed by atoms with Gasteiger partial charge in [0.2, 0.25) is 23.6 Å². The minimum absolute atomic E-state index is 0.00603. The molecule has 0 saturated heterocycles. The van der Waals surface area contributed by atoms with Crippen LogP contribution in [0.1, 0.15) is 119 Å². The highest BCUT2D eigenvalue weighted by molar-refractivity contribution is 5.97. The normalized spacial score (nSPS) is 11.2. The second-order valence-corrected chi connectivity index (χ2v) is 14.1. The molecule has 15 heteroatoms. The lowest BCUT2D eigenvalue weighted by molar-refractivity contribution is -0.129. The highest BCUT2D eigenvalue weighted by Gasteiger charge is 2.26. The fourth-order valence-electron chi connectivity index (χ4n) is 4.82. The average Bonchev–Trinajstić information content (AvgIpc) is 3.11. The minimum Gasteiger partial charge on any atom is -0.352 e. The van der Waals surface area contributed by atoms with Gasteiger partial charge in [-0.2, -0.15) is 0 Å². The maximum absolute atomic E-state index is 13.1. The van der Waals surface area contributed by atoms with Crippen LogP contribution in [0.2, 0.25) is 0 Å². The molecule has 8 N–H and O–H groups in total. The first-order chi connectivity index (χ1) is 26.4. The Kier molecular flexibility index (Phi) is 36.3. The summed E-state index contributed by atoms with van der Waals surface area (Å²) in [4.78, 5) is 84.2. The Morgan fingerprint density at radius 2 is 1.30 bits per heavy atom. The molecule has 0 bridgehead atoms. The van der Waals surface area contributed by atoms with Crippen molar-refractivity contribution in [1.29, 1.82) is 0 Å². The SMILES string of the molecule is CC(C)=O.CCC.CCC.CNCCCCCC(=O)NCC(=O)N[C@@H](CCCNC(N)=O)C(=O)Nc1ccc(CCN(C)C(C(=O)NCC(C)=O)C(C)C)cc1. The minimum atomic E-state index is -0.906. The quantitative estimate of drug-likeness (QED) is 0.0793. The van der Waals surface area contributed by atoms with E-state index in [2.05, 4.69) is 59.6 Å². The van der Waals surface area contributed by atoms with Crippen molar-refractivity contribution in [3.8, 4) is 0 Å². The fourth-order valence-corrected chi connectivity index (χ4v) is 4.82. The molecule has 56 heavy (non-hydrogen) atoms. The number of nitrogens with two attached hydrogens (primary N) is 1. The number of amides is 6. The average molecular weight is 793 g/mol. The molecule has 0 radical (unpaired) electrons. The van der Waals surface area contributed by atoms with Gasteiger partial charge < -0.3 is 42.4 Å². The fraction of sp³-hybridized carbons (Fsp3) is 0.683. The number of hydrogen-bond acceptors (Lipinski definition) is 9. The van der Waals surface area contributed by atoms with Crippen LogP contribution in [0.25, 0.3) is 0 Å². The van der Waals surface area contributed by atoms with E-state index in [1.807, 2.05) is 45.0 Å². The lowest BCUT2D eigenvalue weighted by atomic mass is 10.0. The number of Topliss-reactive ketones (excluding diaryl/α,β-unsaturated/α-hetero) is 2. The lowest BCUT2D eigenvalue weighted by Crippen LogP contribution is -2.49. The Labute approximate surface area is 337 Å². The number of likely N-dealkylation sites (N-methyl/N-ethyl adjacent to an activating group) is 1. The van der Waals surface area contributed by atoms with Crippen molar-refractivity contribution in [2.24, 2.45) is 11.7 Å². The summed E-state index contributed by atoms with van der Waals surface area (Å²) in [6, 6.07) is 5.31.